The van der Waals surface area contributed by atoms with Crippen molar-refractivity contribution in [3.8, 4) is 0 Å². The standard InChI is InChI=1S/C14H20N4O3/c19-12-9-17(7-5-14(12)4-2-8-21-14)13(20)3-1-6-18-11-15-10-16-18/h10-11H,1-9H2. The Labute approximate surface area is 123 Å². The topological polar surface area (TPSA) is 77.3 Å². The van der Waals surface area contributed by atoms with Gasteiger partial charge in [0.25, 0.3) is 0 Å². The van der Waals surface area contributed by atoms with Gasteiger partial charge in [0.15, 0.2) is 5.78 Å². The van der Waals surface area contributed by atoms with E-state index in [0.29, 0.717) is 39.0 Å². The highest BCUT2D eigenvalue weighted by Gasteiger charge is 2.46. The zero-order valence-corrected chi connectivity index (χ0v) is 12.0. The molecule has 7 nitrogen and oxygen atoms in total. The summed E-state index contributed by atoms with van der Waals surface area (Å²) in [5, 5.41) is 4.00. The van der Waals surface area contributed by atoms with E-state index < -0.39 is 5.60 Å². The molecule has 3 rings (SSSR count). The van der Waals surface area contributed by atoms with Crippen molar-refractivity contribution in [2.45, 2.75) is 44.2 Å². The van der Waals surface area contributed by atoms with Crippen molar-refractivity contribution in [3.05, 3.63) is 12.7 Å². The van der Waals surface area contributed by atoms with Crippen LogP contribution in [0, 0.1) is 0 Å². The van der Waals surface area contributed by atoms with Crippen LogP contribution in [0.4, 0.5) is 0 Å². The molecule has 0 aliphatic carbocycles. The second kappa shape index (κ2) is 5.93. The highest BCUT2D eigenvalue weighted by atomic mass is 16.5. The Balaban J connectivity index is 1.47. The van der Waals surface area contributed by atoms with Crippen LogP contribution in [0.25, 0.3) is 0 Å². The molecule has 1 aromatic heterocycles. The minimum atomic E-state index is -0.586. The summed E-state index contributed by atoms with van der Waals surface area (Å²) in [5.74, 6) is 0.104. The molecule has 1 amide bonds. The van der Waals surface area contributed by atoms with Gasteiger partial charge in [0.05, 0.1) is 6.54 Å². The molecule has 7 heteroatoms. The molecule has 0 N–H and O–H groups in total. The first kappa shape index (κ1) is 14.2. The highest BCUT2D eigenvalue weighted by Crippen LogP contribution is 2.33. The van der Waals surface area contributed by atoms with Gasteiger partial charge in [-0.25, -0.2) is 4.98 Å². The fourth-order valence-corrected chi connectivity index (χ4v) is 3.08. The van der Waals surface area contributed by atoms with Crippen molar-refractivity contribution in [2.75, 3.05) is 19.7 Å². The molecule has 0 saturated carbocycles. The van der Waals surface area contributed by atoms with E-state index in [2.05, 4.69) is 10.1 Å². The molecule has 2 saturated heterocycles. The van der Waals surface area contributed by atoms with Gasteiger partial charge in [-0.3, -0.25) is 14.3 Å². The SMILES string of the molecule is O=C(CCCn1cncn1)N1CCC2(CCCO2)C(=O)C1. The number of carbonyl (C=O) groups is 2. The summed E-state index contributed by atoms with van der Waals surface area (Å²) in [5.41, 5.74) is -0.586. The zero-order chi connectivity index (χ0) is 14.7. The maximum Gasteiger partial charge on any atom is 0.223 e. The van der Waals surface area contributed by atoms with Gasteiger partial charge in [-0.15, -0.1) is 0 Å². The number of piperidine rings is 1. The molecule has 1 atom stereocenters. The number of rotatable bonds is 4. The second-order valence-corrected chi connectivity index (χ2v) is 5.70. The van der Waals surface area contributed by atoms with Crippen LogP contribution in [0.5, 0.6) is 0 Å². The quantitative estimate of drug-likeness (QED) is 0.803. The number of hydrogen-bond acceptors (Lipinski definition) is 5. The minimum Gasteiger partial charge on any atom is -0.367 e. The summed E-state index contributed by atoms with van der Waals surface area (Å²) in [4.78, 5) is 29.9. The first-order valence-corrected chi connectivity index (χ1v) is 7.47. The summed E-state index contributed by atoms with van der Waals surface area (Å²) in [6.45, 7) is 2.15. The normalized spacial score (nSPS) is 25.7. The molecule has 0 aromatic carbocycles. The van der Waals surface area contributed by atoms with Crippen molar-refractivity contribution in [3.63, 3.8) is 0 Å². The van der Waals surface area contributed by atoms with Crippen molar-refractivity contribution < 1.29 is 14.3 Å². The monoisotopic (exact) mass is 292 g/mol. The molecule has 1 spiro atoms. The molecular weight excluding hydrogens is 272 g/mol. The van der Waals surface area contributed by atoms with Crippen LogP contribution >= 0.6 is 0 Å². The van der Waals surface area contributed by atoms with E-state index in [-0.39, 0.29) is 18.2 Å². The Morgan fingerprint density at radius 1 is 1.43 bits per heavy atom. The number of nitrogens with zero attached hydrogens (tertiary/aromatic N) is 4. The molecule has 3 heterocycles. The lowest BCUT2D eigenvalue weighted by Gasteiger charge is -2.37. The maximum absolute atomic E-state index is 12.3. The Hall–Kier alpha value is -1.76. The number of hydrogen-bond donors (Lipinski definition) is 0. The van der Waals surface area contributed by atoms with E-state index in [1.54, 1.807) is 15.9 Å². The second-order valence-electron chi connectivity index (χ2n) is 5.70. The van der Waals surface area contributed by atoms with Crippen molar-refractivity contribution in [2.24, 2.45) is 0 Å². The van der Waals surface area contributed by atoms with Crippen LogP contribution < -0.4 is 0 Å². The van der Waals surface area contributed by atoms with Gasteiger partial charge in [-0.05, 0) is 19.3 Å². The lowest BCUT2D eigenvalue weighted by atomic mass is 9.87. The molecule has 114 valence electrons. The average molecular weight is 292 g/mol. The molecule has 2 fully saturated rings. The molecule has 1 unspecified atom stereocenters. The van der Waals surface area contributed by atoms with Gasteiger partial charge in [-0.1, -0.05) is 0 Å². The summed E-state index contributed by atoms with van der Waals surface area (Å²) in [6.07, 6.45) is 6.64. The zero-order valence-electron chi connectivity index (χ0n) is 12.0. The number of likely N-dealkylation sites (tertiary alicyclic amines) is 1. The molecule has 2 aliphatic heterocycles. The Morgan fingerprint density at radius 3 is 3.00 bits per heavy atom. The number of carbonyl (C=O) groups excluding carboxylic acids is 2. The lowest BCUT2D eigenvalue weighted by Crippen LogP contribution is -2.53. The smallest absolute Gasteiger partial charge is 0.223 e. The van der Waals surface area contributed by atoms with Gasteiger partial charge in [0.1, 0.15) is 18.3 Å². The number of amides is 1. The number of Topliss-reactive ketones (excluding diaryl/α,β-unsaturated/α-hetero) is 1. The van der Waals surface area contributed by atoms with Gasteiger partial charge >= 0.3 is 0 Å². The van der Waals surface area contributed by atoms with E-state index in [4.69, 9.17) is 4.74 Å². The third kappa shape index (κ3) is 2.97. The van der Waals surface area contributed by atoms with Crippen molar-refractivity contribution in [1.82, 2.24) is 19.7 Å². The molecule has 21 heavy (non-hydrogen) atoms. The predicted octanol–water partition coefficient (Wildman–Crippen LogP) is 0.409. The summed E-state index contributed by atoms with van der Waals surface area (Å²) in [6, 6.07) is 0. The van der Waals surface area contributed by atoms with Crippen LogP contribution in [-0.2, 0) is 20.9 Å². The van der Waals surface area contributed by atoms with Gasteiger partial charge < -0.3 is 9.64 Å². The van der Waals surface area contributed by atoms with Crippen LogP contribution in [0.2, 0.25) is 0 Å². The van der Waals surface area contributed by atoms with Crippen LogP contribution in [0.1, 0.15) is 32.1 Å². The molecule has 0 radical (unpaired) electrons. The Bertz CT molecular complexity index is 508. The van der Waals surface area contributed by atoms with Crippen LogP contribution in [0.3, 0.4) is 0 Å². The van der Waals surface area contributed by atoms with Crippen molar-refractivity contribution in [1.29, 1.82) is 0 Å². The number of aromatic nitrogens is 3. The fourth-order valence-electron chi connectivity index (χ4n) is 3.08. The fraction of sp³-hybridized carbons (Fsp3) is 0.714. The summed E-state index contributed by atoms with van der Waals surface area (Å²) >= 11 is 0. The number of ketones is 1. The predicted molar refractivity (Wildman–Crippen MR) is 73.4 cm³/mol. The first-order chi connectivity index (χ1) is 10.2. The van der Waals surface area contributed by atoms with E-state index in [0.717, 1.165) is 12.8 Å². The Kier molecular flexibility index (Phi) is 4.01. The maximum atomic E-state index is 12.3. The summed E-state index contributed by atoms with van der Waals surface area (Å²) < 4.78 is 7.35. The highest BCUT2D eigenvalue weighted by molar-refractivity contribution is 5.93. The molecule has 1 aromatic rings. The third-order valence-electron chi connectivity index (χ3n) is 4.33. The minimum absolute atomic E-state index is 0.0383. The Morgan fingerprint density at radius 2 is 2.33 bits per heavy atom. The van der Waals surface area contributed by atoms with Crippen molar-refractivity contribution >= 4 is 11.7 Å². The molecule has 0 bridgehead atoms. The van der Waals surface area contributed by atoms with E-state index in [1.807, 2.05) is 0 Å². The van der Waals surface area contributed by atoms with Crippen LogP contribution in [0.15, 0.2) is 12.7 Å². The number of ether oxygens (including phenoxy) is 1. The first-order valence-electron chi connectivity index (χ1n) is 7.47. The molecule has 2 aliphatic rings. The van der Waals surface area contributed by atoms with Crippen LogP contribution in [-0.4, -0.2) is 56.7 Å². The number of aryl methyl sites for hydroxylation is 1. The van der Waals surface area contributed by atoms with E-state index >= 15 is 0 Å². The van der Waals surface area contributed by atoms with E-state index in [9.17, 15) is 9.59 Å². The lowest BCUT2D eigenvalue weighted by molar-refractivity contribution is -0.152. The third-order valence-corrected chi connectivity index (χ3v) is 4.33. The average Bonchev–Trinajstić information content (AvgIpc) is 3.14. The van der Waals surface area contributed by atoms with Gasteiger partial charge in [-0.2, -0.15) is 5.10 Å². The largest absolute Gasteiger partial charge is 0.367 e. The van der Waals surface area contributed by atoms with Gasteiger partial charge in [0.2, 0.25) is 5.91 Å². The van der Waals surface area contributed by atoms with Gasteiger partial charge in [0, 0.05) is 32.5 Å². The molecular formula is C14H20N4O3. The van der Waals surface area contributed by atoms with E-state index in [1.165, 1.54) is 6.33 Å². The summed E-state index contributed by atoms with van der Waals surface area (Å²) in [7, 11) is 0.